The van der Waals surface area contributed by atoms with Gasteiger partial charge in [0.05, 0.1) is 12.2 Å². The zero-order valence-corrected chi connectivity index (χ0v) is 18.7. The first-order chi connectivity index (χ1) is 11.5. The minimum Gasteiger partial charge on any atom is -0.359 e. The number of aromatic nitrogens is 1. The van der Waals surface area contributed by atoms with Crippen LogP contribution >= 0.6 is 24.0 Å². The molecule has 0 aromatic carbocycles. The van der Waals surface area contributed by atoms with E-state index in [9.17, 15) is 4.21 Å². The lowest BCUT2D eigenvalue weighted by molar-refractivity contribution is 0.370. The molecule has 0 saturated heterocycles. The predicted octanol–water partition coefficient (Wildman–Crippen LogP) is 3.16. The van der Waals surface area contributed by atoms with E-state index >= 15 is 0 Å². The average molecular weight is 482 g/mol. The summed E-state index contributed by atoms with van der Waals surface area (Å²) in [6.07, 6.45) is 4.23. The molecule has 6 nitrogen and oxygen atoms in total. The van der Waals surface area contributed by atoms with Gasteiger partial charge in [-0.1, -0.05) is 32.3 Å². The Morgan fingerprint density at radius 1 is 1.48 bits per heavy atom. The van der Waals surface area contributed by atoms with Crippen molar-refractivity contribution in [2.45, 2.75) is 70.2 Å². The number of rotatable bonds is 6. The zero-order valence-electron chi connectivity index (χ0n) is 15.6. The number of hydrogen-bond acceptors (Lipinski definition) is 4. The van der Waals surface area contributed by atoms with Crippen LogP contribution in [0.15, 0.2) is 15.6 Å². The molecule has 1 aliphatic rings. The topological polar surface area (TPSA) is 79.5 Å². The van der Waals surface area contributed by atoms with Crippen LogP contribution in [0.25, 0.3) is 0 Å². The van der Waals surface area contributed by atoms with Crippen LogP contribution in [-0.4, -0.2) is 39.4 Å². The molecule has 3 unspecified atom stereocenters. The Labute approximate surface area is 170 Å². The summed E-state index contributed by atoms with van der Waals surface area (Å²) in [7, 11) is 1.05. The maximum absolute atomic E-state index is 12.1. The Bertz CT molecular complexity index is 577. The molecule has 0 radical (unpaired) electrons. The minimum atomic E-state index is -0.710. The summed E-state index contributed by atoms with van der Waals surface area (Å²) in [5.74, 6) is 2.66. The lowest BCUT2D eigenvalue weighted by atomic mass is 9.95. The van der Waals surface area contributed by atoms with Gasteiger partial charge in [-0.3, -0.25) is 9.20 Å². The van der Waals surface area contributed by atoms with Gasteiger partial charge in [-0.25, -0.2) is 0 Å². The van der Waals surface area contributed by atoms with Crippen molar-refractivity contribution >= 4 is 40.7 Å². The molecule has 1 fully saturated rings. The standard InChI is InChI=1S/C17H30N4O2S.HI/c1-5-24(22)15-8-6-7-13(9-15)20-17(18-4)19-11-14-10-16(12(2)3)21-23-14;/h10,12-13,15H,5-9,11H2,1-4H3,(H2,18,19,20);1H. The van der Waals surface area contributed by atoms with Crippen LogP contribution in [0.5, 0.6) is 0 Å². The summed E-state index contributed by atoms with van der Waals surface area (Å²) >= 11 is 0. The number of hydrogen-bond donors (Lipinski definition) is 2. The summed E-state index contributed by atoms with van der Waals surface area (Å²) in [4.78, 5) is 4.29. The molecule has 8 heteroatoms. The average Bonchev–Trinajstić information content (AvgIpc) is 3.07. The first kappa shape index (κ1) is 22.4. The molecule has 3 atom stereocenters. The van der Waals surface area contributed by atoms with Crippen molar-refractivity contribution in [3.63, 3.8) is 0 Å². The minimum absolute atomic E-state index is 0. The van der Waals surface area contributed by atoms with Crippen LogP contribution in [0.1, 0.15) is 63.8 Å². The van der Waals surface area contributed by atoms with Crippen LogP contribution in [0, 0.1) is 0 Å². The Morgan fingerprint density at radius 2 is 2.24 bits per heavy atom. The second kappa shape index (κ2) is 11.2. The van der Waals surface area contributed by atoms with Gasteiger partial charge in [-0.2, -0.15) is 0 Å². The van der Waals surface area contributed by atoms with Crippen molar-refractivity contribution in [2.75, 3.05) is 12.8 Å². The quantitative estimate of drug-likeness (QED) is 0.370. The molecular weight excluding hydrogens is 451 g/mol. The lowest BCUT2D eigenvalue weighted by Gasteiger charge is -2.30. The van der Waals surface area contributed by atoms with Crippen molar-refractivity contribution in [3.05, 3.63) is 17.5 Å². The SMILES string of the molecule is CCS(=O)C1CCCC(NC(=NC)NCc2cc(C(C)C)no2)C1.I. The van der Waals surface area contributed by atoms with E-state index in [1.165, 1.54) is 0 Å². The largest absolute Gasteiger partial charge is 0.359 e. The first-order valence-corrected chi connectivity index (χ1v) is 10.2. The number of guanidine groups is 1. The molecule has 0 amide bonds. The molecular formula is C17H31IN4O2S. The molecule has 1 aromatic rings. The molecule has 1 aliphatic carbocycles. The number of nitrogens with zero attached hydrogens (tertiary/aromatic N) is 2. The van der Waals surface area contributed by atoms with Gasteiger partial charge < -0.3 is 15.2 Å². The van der Waals surface area contributed by atoms with Gasteiger partial charge in [0.15, 0.2) is 11.7 Å². The molecule has 25 heavy (non-hydrogen) atoms. The van der Waals surface area contributed by atoms with Crippen molar-refractivity contribution < 1.29 is 8.73 Å². The van der Waals surface area contributed by atoms with E-state index in [-0.39, 0.29) is 24.0 Å². The maximum Gasteiger partial charge on any atom is 0.191 e. The van der Waals surface area contributed by atoms with Gasteiger partial charge in [-0.05, 0) is 25.2 Å². The molecule has 0 aliphatic heterocycles. The number of nitrogens with one attached hydrogen (secondary N) is 2. The monoisotopic (exact) mass is 482 g/mol. The molecule has 0 bridgehead atoms. The van der Waals surface area contributed by atoms with Crippen LogP contribution in [0.2, 0.25) is 0 Å². The molecule has 1 saturated carbocycles. The van der Waals surface area contributed by atoms with Crippen molar-refractivity contribution in [1.82, 2.24) is 15.8 Å². The van der Waals surface area contributed by atoms with Crippen LogP contribution in [-0.2, 0) is 17.3 Å². The van der Waals surface area contributed by atoms with Gasteiger partial charge >= 0.3 is 0 Å². The second-order valence-corrected chi connectivity index (χ2v) is 8.60. The summed E-state index contributed by atoms with van der Waals surface area (Å²) in [5, 5.41) is 11.1. The number of halogens is 1. The van der Waals surface area contributed by atoms with Crippen LogP contribution in [0.3, 0.4) is 0 Å². The Balaban J connectivity index is 0.00000312. The summed E-state index contributed by atoms with van der Waals surface area (Å²) in [5.41, 5.74) is 0.965. The summed E-state index contributed by atoms with van der Waals surface area (Å²) in [6.45, 7) is 6.73. The molecule has 144 valence electrons. The Kier molecular flexibility index (Phi) is 9.99. The van der Waals surface area contributed by atoms with E-state index in [0.29, 0.717) is 23.8 Å². The summed E-state index contributed by atoms with van der Waals surface area (Å²) in [6, 6.07) is 2.30. The van der Waals surface area contributed by atoms with E-state index in [1.54, 1.807) is 7.05 Å². The molecule has 1 aromatic heterocycles. The third kappa shape index (κ3) is 6.88. The lowest BCUT2D eigenvalue weighted by Crippen LogP contribution is -2.46. The number of aliphatic imine (C=N–C) groups is 1. The summed E-state index contributed by atoms with van der Waals surface area (Å²) < 4.78 is 17.4. The highest BCUT2D eigenvalue weighted by Gasteiger charge is 2.26. The van der Waals surface area contributed by atoms with E-state index in [1.807, 2.05) is 13.0 Å². The van der Waals surface area contributed by atoms with Crippen LogP contribution < -0.4 is 10.6 Å². The van der Waals surface area contributed by atoms with Crippen molar-refractivity contribution in [2.24, 2.45) is 4.99 Å². The smallest absolute Gasteiger partial charge is 0.191 e. The van der Waals surface area contributed by atoms with Crippen molar-refractivity contribution in [1.29, 1.82) is 0 Å². The van der Waals surface area contributed by atoms with Crippen LogP contribution in [0.4, 0.5) is 0 Å². The molecule has 2 rings (SSSR count). The molecule has 0 spiro atoms. The molecule has 1 heterocycles. The van der Waals surface area contributed by atoms with E-state index in [0.717, 1.165) is 48.8 Å². The van der Waals surface area contributed by atoms with Gasteiger partial charge in [0.1, 0.15) is 0 Å². The second-order valence-electron chi connectivity index (χ2n) is 6.60. The van der Waals surface area contributed by atoms with E-state index < -0.39 is 10.8 Å². The first-order valence-electron chi connectivity index (χ1n) is 8.83. The maximum atomic E-state index is 12.1. The Hall–Kier alpha value is -0.640. The molecule has 2 N–H and O–H groups in total. The third-order valence-corrected chi connectivity index (χ3v) is 6.19. The highest BCUT2D eigenvalue weighted by atomic mass is 127. The highest BCUT2D eigenvalue weighted by molar-refractivity contribution is 14.0. The van der Waals surface area contributed by atoms with Gasteiger partial charge in [0.2, 0.25) is 0 Å². The third-order valence-electron chi connectivity index (χ3n) is 4.45. The fraction of sp³-hybridized carbons (Fsp3) is 0.765. The van der Waals surface area contributed by atoms with E-state index in [2.05, 4.69) is 34.6 Å². The van der Waals surface area contributed by atoms with Gasteiger partial charge in [-0.15, -0.1) is 24.0 Å². The fourth-order valence-corrected chi connectivity index (χ4v) is 4.34. The fourth-order valence-electron chi connectivity index (χ4n) is 2.99. The van der Waals surface area contributed by atoms with Gasteiger partial charge in [0, 0.05) is 41.0 Å². The van der Waals surface area contributed by atoms with Gasteiger partial charge in [0.25, 0.3) is 0 Å². The Morgan fingerprint density at radius 3 is 2.84 bits per heavy atom. The zero-order chi connectivity index (χ0) is 17.5. The van der Waals surface area contributed by atoms with E-state index in [4.69, 9.17) is 4.52 Å². The predicted molar refractivity (Wildman–Crippen MR) is 114 cm³/mol. The van der Waals surface area contributed by atoms with Crippen molar-refractivity contribution in [3.8, 4) is 0 Å². The highest BCUT2D eigenvalue weighted by Crippen LogP contribution is 2.23. The normalized spacial score (nSPS) is 22.4.